The Kier molecular flexibility index (Phi) is 7.79. The molecular weight excluding hydrogens is 554 g/mol. The second-order valence-corrected chi connectivity index (χ2v) is 9.71. The molecule has 4 atom stereocenters. The van der Waals surface area contributed by atoms with Crippen LogP contribution in [0.4, 0.5) is 0 Å². The first-order chi connectivity index (χ1) is 21.0. The van der Waals surface area contributed by atoms with Crippen molar-refractivity contribution in [2.45, 2.75) is 24.5 Å². The third-order valence-corrected chi connectivity index (χ3v) is 6.92. The minimum Gasteiger partial charge on any atom is -0.459 e. The molecule has 1 N–H and O–H groups in total. The molecule has 0 saturated carbocycles. The van der Waals surface area contributed by atoms with Crippen LogP contribution in [0.15, 0.2) is 114 Å². The molecule has 0 radical (unpaired) electrons. The lowest BCUT2D eigenvalue weighted by atomic mass is 10.1. The summed E-state index contributed by atoms with van der Waals surface area (Å²) in [5.74, 6) is -2.08. The molecule has 5 aromatic rings. The monoisotopic (exact) mass is 579 g/mol. The van der Waals surface area contributed by atoms with Crippen LogP contribution in [0.2, 0.25) is 0 Å². The molecule has 11 heteroatoms. The summed E-state index contributed by atoms with van der Waals surface area (Å²) >= 11 is 0. The fourth-order valence-electron chi connectivity index (χ4n) is 4.80. The first-order valence-corrected chi connectivity index (χ1v) is 13.4. The minimum atomic E-state index is -1.32. The zero-order valence-corrected chi connectivity index (χ0v) is 22.6. The number of hydrogen-bond acceptors (Lipinski definition) is 9. The molecule has 3 aromatic carbocycles. The van der Waals surface area contributed by atoms with Gasteiger partial charge in [-0.1, -0.05) is 54.6 Å². The molecule has 0 amide bonds. The first kappa shape index (κ1) is 27.6. The molecule has 11 nitrogen and oxygen atoms in total. The Hall–Kier alpha value is -5.55. The van der Waals surface area contributed by atoms with Gasteiger partial charge < -0.3 is 23.9 Å². The lowest BCUT2D eigenvalue weighted by Gasteiger charge is -2.25. The molecule has 0 aliphatic carbocycles. The van der Waals surface area contributed by atoms with E-state index in [1.54, 1.807) is 103 Å². The van der Waals surface area contributed by atoms with E-state index in [4.69, 9.17) is 18.9 Å². The average molecular weight is 580 g/mol. The molecule has 1 saturated heterocycles. The molecular formula is C32H25N3O8. The minimum absolute atomic E-state index is 0.236. The van der Waals surface area contributed by atoms with Crippen LogP contribution in [0.5, 0.6) is 0 Å². The van der Waals surface area contributed by atoms with Crippen LogP contribution in [0.25, 0.3) is 11.0 Å². The van der Waals surface area contributed by atoms with Gasteiger partial charge in [-0.05, 0) is 42.5 Å². The molecule has 1 fully saturated rings. The molecule has 216 valence electrons. The molecule has 1 unspecified atom stereocenters. The topological polar surface area (TPSA) is 139 Å². The molecule has 43 heavy (non-hydrogen) atoms. The summed E-state index contributed by atoms with van der Waals surface area (Å²) in [5, 5.41) is 0.591. The van der Waals surface area contributed by atoms with Crippen LogP contribution < -0.4 is 5.69 Å². The van der Waals surface area contributed by atoms with Gasteiger partial charge in [0.25, 0.3) is 0 Å². The summed E-state index contributed by atoms with van der Waals surface area (Å²) in [4.78, 5) is 59.4. The van der Waals surface area contributed by atoms with E-state index in [1.807, 2.05) is 0 Å². The van der Waals surface area contributed by atoms with Crippen LogP contribution in [-0.4, -0.2) is 57.4 Å². The Morgan fingerprint density at radius 2 is 1.28 bits per heavy atom. The summed E-state index contributed by atoms with van der Waals surface area (Å²) < 4.78 is 24.7. The lowest BCUT2D eigenvalue weighted by Crippen LogP contribution is -2.42. The number of aromatic nitrogens is 3. The van der Waals surface area contributed by atoms with Crippen molar-refractivity contribution in [1.82, 2.24) is 14.5 Å². The van der Waals surface area contributed by atoms with Gasteiger partial charge in [-0.25, -0.2) is 19.2 Å². The Morgan fingerprint density at radius 1 is 0.744 bits per heavy atom. The molecule has 0 spiro atoms. The van der Waals surface area contributed by atoms with Crippen LogP contribution >= 0.6 is 0 Å². The SMILES string of the molecule is O=C(OC[C@H]1O[C@@H](n2cc3cc[nH]c3nc2=O)[C@@H](OC(=O)c2ccccc2)C1OC(=O)c1ccccc1)c1ccccc1. The summed E-state index contributed by atoms with van der Waals surface area (Å²) in [5.41, 5.74) is 0.445. The molecule has 6 rings (SSSR count). The Morgan fingerprint density at radius 3 is 1.86 bits per heavy atom. The number of esters is 3. The summed E-state index contributed by atoms with van der Waals surface area (Å²) in [7, 11) is 0. The van der Waals surface area contributed by atoms with Gasteiger partial charge >= 0.3 is 23.6 Å². The second-order valence-electron chi connectivity index (χ2n) is 9.71. The van der Waals surface area contributed by atoms with E-state index < -0.39 is 48.1 Å². The van der Waals surface area contributed by atoms with Gasteiger partial charge in [-0.15, -0.1) is 0 Å². The third kappa shape index (κ3) is 5.92. The van der Waals surface area contributed by atoms with Crippen molar-refractivity contribution in [2.75, 3.05) is 6.61 Å². The van der Waals surface area contributed by atoms with E-state index in [9.17, 15) is 19.2 Å². The maximum atomic E-state index is 13.3. The van der Waals surface area contributed by atoms with Crippen molar-refractivity contribution in [3.63, 3.8) is 0 Å². The first-order valence-electron chi connectivity index (χ1n) is 13.4. The molecule has 0 bridgehead atoms. The van der Waals surface area contributed by atoms with Gasteiger partial charge in [0.05, 0.1) is 16.7 Å². The van der Waals surface area contributed by atoms with Crippen molar-refractivity contribution >= 4 is 28.9 Å². The zero-order chi connectivity index (χ0) is 29.8. The van der Waals surface area contributed by atoms with Gasteiger partial charge in [0.15, 0.2) is 18.4 Å². The maximum absolute atomic E-state index is 13.3. The summed E-state index contributed by atoms with van der Waals surface area (Å²) in [6, 6.07) is 26.5. The van der Waals surface area contributed by atoms with Crippen LogP contribution in [-0.2, 0) is 18.9 Å². The van der Waals surface area contributed by atoms with Crippen LogP contribution in [0.1, 0.15) is 37.3 Å². The fraction of sp³-hybridized carbons (Fsp3) is 0.156. The van der Waals surface area contributed by atoms with E-state index in [2.05, 4.69) is 9.97 Å². The van der Waals surface area contributed by atoms with Gasteiger partial charge in [0.1, 0.15) is 18.4 Å². The number of carbonyl (C=O) groups is 3. The van der Waals surface area contributed by atoms with Gasteiger partial charge in [0, 0.05) is 17.8 Å². The Labute approximate surface area is 244 Å². The van der Waals surface area contributed by atoms with Crippen molar-refractivity contribution in [1.29, 1.82) is 0 Å². The van der Waals surface area contributed by atoms with E-state index in [0.717, 1.165) is 0 Å². The Bertz CT molecular complexity index is 1800. The second kappa shape index (κ2) is 12.1. The number of carbonyl (C=O) groups excluding carboxylic acids is 3. The number of hydrogen-bond donors (Lipinski definition) is 1. The van der Waals surface area contributed by atoms with E-state index >= 15 is 0 Å². The number of aromatic amines is 1. The predicted octanol–water partition coefficient (Wildman–Crippen LogP) is 3.93. The largest absolute Gasteiger partial charge is 0.459 e. The highest BCUT2D eigenvalue weighted by Crippen LogP contribution is 2.35. The number of ether oxygens (including phenoxy) is 4. The highest BCUT2D eigenvalue weighted by Gasteiger charge is 2.51. The summed E-state index contributed by atoms with van der Waals surface area (Å²) in [6.07, 6.45) is -1.86. The number of nitrogens with zero attached hydrogens (tertiary/aromatic N) is 2. The van der Waals surface area contributed by atoms with Gasteiger partial charge in [-0.3, -0.25) is 4.57 Å². The zero-order valence-electron chi connectivity index (χ0n) is 22.6. The van der Waals surface area contributed by atoms with Gasteiger partial charge in [0.2, 0.25) is 0 Å². The lowest BCUT2D eigenvalue weighted by molar-refractivity contribution is -0.0637. The van der Waals surface area contributed by atoms with Crippen molar-refractivity contribution in [2.24, 2.45) is 0 Å². The normalized spacial score (nSPS) is 19.5. The average Bonchev–Trinajstić information content (AvgIpc) is 3.64. The number of H-pyrrole nitrogens is 1. The quantitative estimate of drug-likeness (QED) is 0.214. The van der Waals surface area contributed by atoms with Crippen molar-refractivity contribution < 1.29 is 33.3 Å². The third-order valence-electron chi connectivity index (χ3n) is 6.92. The van der Waals surface area contributed by atoms with Crippen molar-refractivity contribution in [3.8, 4) is 0 Å². The van der Waals surface area contributed by atoms with Crippen LogP contribution in [0.3, 0.4) is 0 Å². The van der Waals surface area contributed by atoms with E-state index in [1.165, 1.54) is 10.8 Å². The number of fused-ring (bicyclic) bond motifs is 1. The number of rotatable bonds is 8. The van der Waals surface area contributed by atoms with Gasteiger partial charge in [-0.2, -0.15) is 4.98 Å². The molecule has 1 aliphatic rings. The highest BCUT2D eigenvalue weighted by atomic mass is 16.7. The van der Waals surface area contributed by atoms with E-state index in [-0.39, 0.29) is 17.7 Å². The fourth-order valence-corrected chi connectivity index (χ4v) is 4.80. The smallest absolute Gasteiger partial charge is 0.351 e. The van der Waals surface area contributed by atoms with E-state index in [0.29, 0.717) is 16.6 Å². The summed E-state index contributed by atoms with van der Waals surface area (Å²) in [6.45, 7) is -0.370. The Balaban J connectivity index is 1.37. The molecule has 3 heterocycles. The maximum Gasteiger partial charge on any atom is 0.351 e. The molecule has 2 aromatic heterocycles. The standard InChI is InChI=1S/C32H25N3O8/c36-29(20-10-4-1-5-11-20)40-19-24-25(42-30(37)21-12-6-2-7-13-21)26(43-31(38)22-14-8-3-9-15-22)28(41-24)35-18-23-16-17-33-27(23)34-32(35)39/h1-18,24-26,28H,19H2,(H,33,34,39)/t24-,25?,26+,28-/m1/s1. The van der Waals surface area contributed by atoms with Crippen LogP contribution in [0, 0.1) is 0 Å². The molecule has 1 aliphatic heterocycles. The highest BCUT2D eigenvalue weighted by molar-refractivity contribution is 5.91. The predicted molar refractivity (Wildman–Crippen MR) is 152 cm³/mol. The number of nitrogens with one attached hydrogen (secondary N) is 1. The van der Waals surface area contributed by atoms with Crippen molar-refractivity contribution in [3.05, 3.63) is 137 Å². The number of benzene rings is 3.